The number of carbonyl (C=O) groups is 1. The molecule has 1 saturated carbocycles. The van der Waals surface area contributed by atoms with Crippen molar-refractivity contribution >= 4 is 5.97 Å². The van der Waals surface area contributed by atoms with Gasteiger partial charge in [-0.15, -0.1) is 0 Å². The molecule has 6 heteroatoms. The van der Waals surface area contributed by atoms with Crippen molar-refractivity contribution in [1.82, 2.24) is 4.57 Å². The van der Waals surface area contributed by atoms with Gasteiger partial charge in [0.15, 0.2) is 0 Å². The SMILES string of the molecule is COC(=O)c1c(C2(N)CC(F)(F)C2)c(C)n(C)c1C. The molecule has 1 aromatic rings. The van der Waals surface area contributed by atoms with Crippen molar-refractivity contribution in [3.05, 3.63) is 22.5 Å². The van der Waals surface area contributed by atoms with Gasteiger partial charge in [0.05, 0.1) is 18.2 Å². The highest BCUT2D eigenvalue weighted by atomic mass is 19.3. The number of methoxy groups -OCH3 is 1. The Morgan fingerprint density at radius 3 is 2.26 bits per heavy atom. The molecule has 2 rings (SSSR count). The number of aromatic nitrogens is 1. The number of ether oxygens (including phenoxy) is 1. The largest absolute Gasteiger partial charge is 0.465 e. The summed E-state index contributed by atoms with van der Waals surface area (Å²) in [4.78, 5) is 11.9. The first kappa shape index (κ1) is 14.0. The number of carbonyl (C=O) groups excluding carboxylic acids is 1. The molecule has 1 heterocycles. The first-order valence-electron chi connectivity index (χ1n) is 6.04. The molecule has 1 aromatic heterocycles. The summed E-state index contributed by atoms with van der Waals surface area (Å²) in [6.45, 7) is 3.53. The van der Waals surface area contributed by atoms with Crippen LogP contribution in [0.25, 0.3) is 0 Å². The van der Waals surface area contributed by atoms with Crippen LogP contribution in [-0.2, 0) is 17.3 Å². The lowest BCUT2D eigenvalue weighted by atomic mass is 9.68. The van der Waals surface area contributed by atoms with Gasteiger partial charge in [-0.3, -0.25) is 0 Å². The van der Waals surface area contributed by atoms with Gasteiger partial charge in [-0.1, -0.05) is 0 Å². The maximum atomic E-state index is 13.2. The van der Waals surface area contributed by atoms with Crippen molar-refractivity contribution in [2.75, 3.05) is 7.11 Å². The van der Waals surface area contributed by atoms with Crippen LogP contribution < -0.4 is 5.73 Å². The van der Waals surface area contributed by atoms with Gasteiger partial charge in [0.1, 0.15) is 0 Å². The molecule has 0 aromatic carbocycles. The number of hydrogen-bond acceptors (Lipinski definition) is 3. The van der Waals surface area contributed by atoms with Gasteiger partial charge in [-0.2, -0.15) is 0 Å². The summed E-state index contributed by atoms with van der Waals surface area (Å²) in [6, 6.07) is 0. The lowest BCUT2D eigenvalue weighted by Gasteiger charge is -2.45. The predicted molar refractivity (Wildman–Crippen MR) is 66.3 cm³/mol. The third kappa shape index (κ3) is 1.94. The third-order valence-electron chi connectivity index (χ3n) is 4.02. The van der Waals surface area contributed by atoms with E-state index in [2.05, 4.69) is 0 Å². The van der Waals surface area contributed by atoms with Crippen LogP contribution in [0.5, 0.6) is 0 Å². The van der Waals surface area contributed by atoms with Crippen LogP contribution >= 0.6 is 0 Å². The van der Waals surface area contributed by atoms with Crippen LogP contribution in [0.2, 0.25) is 0 Å². The summed E-state index contributed by atoms with van der Waals surface area (Å²) in [5.41, 5.74) is 7.15. The van der Waals surface area contributed by atoms with E-state index in [9.17, 15) is 13.6 Å². The lowest BCUT2D eigenvalue weighted by molar-refractivity contribution is -0.125. The van der Waals surface area contributed by atoms with Crippen molar-refractivity contribution in [3.63, 3.8) is 0 Å². The van der Waals surface area contributed by atoms with Crippen LogP contribution in [-0.4, -0.2) is 23.6 Å². The predicted octanol–water partition coefficient (Wildman–Crippen LogP) is 2.01. The highest BCUT2D eigenvalue weighted by Crippen LogP contribution is 2.52. The van der Waals surface area contributed by atoms with Gasteiger partial charge in [0.2, 0.25) is 0 Å². The summed E-state index contributed by atoms with van der Waals surface area (Å²) in [6.07, 6.45) is -0.872. The zero-order valence-electron chi connectivity index (χ0n) is 11.5. The molecule has 106 valence electrons. The van der Waals surface area contributed by atoms with E-state index >= 15 is 0 Å². The summed E-state index contributed by atoms with van der Waals surface area (Å²) >= 11 is 0. The van der Waals surface area contributed by atoms with Crippen LogP contribution in [0.3, 0.4) is 0 Å². The summed E-state index contributed by atoms with van der Waals surface area (Å²) < 4.78 is 32.9. The van der Waals surface area contributed by atoms with E-state index < -0.39 is 30.3 Å². The van der Waals surface area contributed by atoms with Crippen molar-refractivity contribution in [2.24, 2.45) is 12.8 Å². The minimum absolute atomic E-state index is 0.320. The molecular weight excluding hydrogens is 254 g/mol. The number of hydrogen-bond donors (Lipinski definition) is 1. The molecular formula is C13H18F2N2O2. The average molecular weight is 272 g/mol. The maximum Gasteiger partial charge on any atom is 0.340 e. The second-order valence-electron chi connectivity index (χ2n) is 5.34. The van der Waals surface area contributed by atoms with Crippen LogP contribution in [0.15, 0.2) is 0 Å². The molecule has 1 aliphatic rings. The van der Waals surface area contributed by atoms with Gasteiger partial charge >= 0.3 is 5.97 Å². The van der Waals surface area contributed by atoms with Gasteiger partial charge < -0.3 is 15.0 Å². The molecule has 0 spiro atoms. The molecule has 0 aliphatic heterocycles. The minimum atomic E-state index is -2.75. The van der Waals surface area contributed by atoms with E-state index in [0.717, 1.165) is 5.69 Å². The van der Waals surface area contributed by atoms with E-state index in [1.807, 2.05) is 0 Å². The summed E-state index contributed by atoms with van der Waals surface area (Å²) in [5, 5.41) is 0. The first-order chi connectivity index (χ1) is 8.63. The Morgan fingerprint density at radius 1 is 1.32 bits per heavy atom. The number of alkyl halides is 2. The molecule has 0 bridgehead atoms. The molecule has 1 aliphatic carbocycles. The normalized spacial score (nSPS) is 19.9. The fourth-order valence-electron chi connectivity index (χ4n) is 2.96. The quantitative estimate of drug-likeness (QED) is 0.838. The zero-order chi connectivity index (χ0) is 14.6. The Hall–Kier alpha value is -1.43. The number of esters is 1. The Balaban J connectivity index is 2.58. The molecule has 0 saturated heterocycles. The van der Waals surface area contributed by atoms with Gasteiger partial charge in [-0.25, -0.2) is 13.6 Å². The number of rotatable bonds is 2. The van der Waals surface area contributed by atoms with Gasteiger partial charge in [0, 0.05) is 36.8 Å². The Morgan fingerprint density at radius 2 is 1.84 bits per heavy atom. The highest BCUT2D eigenvalue weighted by Gasteiger charge is 2.57. The maximum absolute atomic E-state index is 13.2. The van der Waals surface area contributed by atoms with Crippen LogP contribution in [0.1, 0.15) is 40.2 Å². The van der Waals surface area contributed by atoms with E-state index in [1.54, 1.807) is 25.5 Å². The zero-order valence-corrected chi connectivity index (χ0v) is 11.5. The highest BCUT2D eigenvalue weighted by molar-refractivity contribution is 5.93. The molecule has 0 atom stereocenters. The topological polar surface area (TPSA) is 57.2 Å². The molecule has 0 unspecified atom stereocenters. The minimum Gasteiger partial charge on any atom is -0.465 e. The van der Waals surface area contributed by atoms with E-state index in [4.69, 9.17) is 10.5 Å². The number of nitrogens with two attached hydrogens (primary N) is 1. The van der Waals surface area contributed by atoms with Crippen molar-refractivity contribution < 1.29 is 18.3 Å². The van der Waals surface area contributed by atoms with Crippen molar-refractivity contribution in [1.29, 1.82) is 0 Å². The van der Waals surface area contributed by atoms with E-state index in [-0.39, 0.29) is 0 Å². The average Bonchev–Trinajstić information content (AvgIpc) is 2.50. The number of nitrogens with zero attached hydrogens (tertiary/aromatic N) is 1. The van der Waals surface area contributed by atoms with Crippen molar-refractivity contribution in [2.45, 2.75) is 38.2 Å². The smallest absolute Gasteiger partial charge is 0.340 e. The fourth-order valence-corrected chi connectivity index (χ4v) is 2.96. The fraction of sp³-hybridized carbons (Fsp3) is 0.615. The van der Waals surface area contributed by atoms with E-state index in [1.165, 1.54) is 7.11 Å². The Labute approximate surface area is 110 Å². The molecule has 4 nitrogen and oxygen atoms in total. The summed E-state index contributed by atoms with van der Waals surface area (Å²) in [5.74, 6) is -3.28. The Bertz CT molecular complexity index is 541. The van der Waals surface area contributed by atoms with Gasteiger partial charge in [0.25, 0.3) is 5.92 Å². The third-order valence-corrected chi connectivity index (χ3v) is 4.02. The molecule has 2 N–H and O–H groups in total. The molecule has 1 fully saturated rings. The molecule has 19 heavy (non-hydrogen) atoms. The second kappa shape index (κ2) is 4.03. The molecule has 0 radical (unpaired) electrons. The standard InChI is InChI=1S/C13H18F2N2O2/c1-7-9(11(18)19-4)10(8(2)17(7)3)12(16)5-13(14,15)6-12/h5-6,16H2,1-4H3. The summed E-state index contributed by atoms with van der Waals surface area (Å²) in [7, 11) is 3.05. The first-order valence-corrected chi connectivity index (χ1v) is 6.04. The van der Waals surface area contributed by atoms with E-state index in [0.29, 0.717) is 16.8 Å². The monoisotopic (exact) mass is 272 g/mol. The van der Waals surface area contributed by atoms with Crippen molar-refractivity contribution in [3.8, 4) is 0 Å². The Kier molecular flexibility index (Phi) is 2.97. The second-order valence-corrected chi connectivity index (χ2v) is 5.34. The molecule has 0 amide bonds. The van der Waals surface area contributed by atoms with Crippen LogP contribution in [0.4, 0.5) is 8.78 Å². The number of halogens is 2. The van der Waals surface area contributed by atoms with Gasteiger partial charge in [-0.05, 0) is 13.8 Å². The lowest BCUT2D eigenvalue weighted by Crippen LogP contribution is -2.56. The van der Waals surface area contributed by atoms with Crippen LogP contribution in [0, 0.1) is 13.8 Å².